The van der Waals surface area contributed by atoms with Crippen molar-refractivity contribution in [3.8, 4) is 5.75 Å². The highest BCUT2D eigenvalue weighted by atomic mass is 16.5. The standard InChI is InChI=1S/C20H26N4O2/c1-24-18(9-10-21-24)20-17(7-8-19(25)23-20)22-15-5-3-13-4-6-16(26-2)12-14(13)11-15/h4,6,9-10,12,15,17,20,22H,3,5,7-8,11H2,1-2H3,(H,23,25)/t15-,17-,20-/m1/s1. The van der Waals surface area contributed by atoms with Gasteiger partial charge in [-0.25, -0.2) is 0 Å². The molecule has 26 heavy (non-hydrogen) atoms. The Labute approximate surface area is 153 Å². The molecule has 1 fully saturated rings. The van der Waals surface area contributed by atoms with Gasteiger partial charge in [0.05, 0.1) is 18.8 Å². The summed E-state index contributed by atoms with van der Waals surface area (Å²) < 4.78 is 7.23. The Hall–Kier alpha value is -2.34. The minimum Gasteiger partial charge on any atom is -0.497 e. The number of carbonyl (C=O) groups excluding carboxylic acids is 1. The van der Waals surface area contributed by atoms with Crippen LogP contribution < -0.4 is 15.4 Å². The molecule has 1 aliphatic heterocycles. The topological polar surface area (TPSA) is 68.2 Å². The molecule has 4 rings (SSSR count). The van der Waals surface area contributed by atoms with Gasteiger partial charge in [-0.2, -0.15) is 5.10 Å². The van der Waals surface area contributed by atoms with E-state index >= 15 is 0 Å². The normalized spacial score (nSPS) is 25.5. The molecule has 1 aromatic carbocycles. The Balaban J connectivity index is 1.50. The SMILES string of the molecule is COc1ccc2c(c1)C[C@H](N[C@@H]1CCC(=O)N[C@H]1c1ccnn1C)CC2. The van der Waals surface area contributed by atoms with Crippen LogP contribution in [0.2, 0.25) is 0 Å². The second kappa shape index (κ2) is 7.11. The monoisotopic (exact) mass is 354 g/mol. The quantitative estimate of drug-likeness (QED) is 0.880. The molecular formula is C20H26N4O2. The predicted octanol–water partition coefficient (Wildman–Crippen LogP) is 1.90. The Kier molecular flexibility index (Phi) is 4.68. The van der Waals surface area contributed by atoms with E-state index in [2.05, 4.69) is 27.9 Å². The van der Waals surface area contributed by atoms with Crippen LogP contribution in [0.5, 0.6) is 5.75 Å². The van der Waals surface area contributed by atoms with E-state index in [-0.39, 0.29) is 18.0 Å². The fourth-order valence-electron chi connectivity index (χ4n) is 4.25. The number of benzene rings is 1. The third-order valence-electron chi connectivity index (χ3n) is 5.67. The molecule has 6 nitrogen and oxygen atoms in total. The second-order valence-corrected chi connectivity index (χ2v) is 7.31. The van der Waals surface area contributed by atoms with Gasteiger partial charge in [0.15, 0.2) is 0 Å². The van der Waals surface area contributed by atoms with E-state index in [9.17, 15) is 4.79 Å². The number of carbonyl (C=O) groups is 1. The minimum atomic E-state index is -0.0320. The Morgan fingerprint density at radius 1 is 1.23 bits per heavy atom. The summed E-state index contributed by atoms with van der Waals surface area (Å²) in [6.07, 6.45) is 6.39. The zero-order valence-electron chi connectivity index (χ0n) is 15.4. The highest BCUT2D eigenvalue weighted by molar-refractivity contribution is 5.77. The molecule has 2 heterocycles. The van der Waals surface area contributed by atoms with E-state index in [1.165, 1.54) is 11.1 Å². The number of fused-ring (bicyclic) bond motifs is 1. The fourth-order valence-corrected chi connectivity index (χ4v) is 4.25. The molecular weight excluding hydrogens is 328 g/mol. The maximum atomic E-state index is 12.0. The molecule has 138 valence electrons. The van der Waals surface area contributed by atoms with E-state index in [4.69, 9.17) is 4.74 Å². The molecule has 6 heteroatoms. The number of nitrogens with one attached hydrogen (secondary N) is 2. The number of nitrogens with zero attached hydrogens (tertiary/aromatic N) is 2. The Bertz CT molecular complexity index is 801. The first-order chi connectivity index (χ1) is 12.6. The van der Waals surface area contributed by atoms with Crippen molar-refractivity contribution >= 4 is 5.91 Å². The number of piperidine rings is 1. The average molecular weight is 354 g/mol. The van der Waals surface area contributed by atoms with Crippen molar-refractivity contribution in [2.75, 3.05) is 7.11 Å². The molecule has 0 bridgehead atoms. The van der Waals surface area contributed by atoms with Crippen LogP contribution >= 0.6 is 0 Å². The third kappa shape index (κ3) is 3.33. The van der Waals surface area contributed by atoms with E-state index in [1.54, 1.807) is 13.3 Å². The van der Waals surface area contributed by atoms with E-state index in [1.807, 2.05) is 23.9 Å². The molecule has 3 atom stereocenters. The first kappa shape index (κ1) is 17.1. The summed E-state index contributed by atoms with van der Waals surface area (Å²) in [6, 6.07) is 8.97. The highest BCUT2D eigenvalue weighted by Gasteiger charge is 2.33. The lowest BCUT2D eigenvalue weighted by Gasteiger charge is -2.37. The van der Waals surface area contributed by atoms with Gasteiger partial charge in [0, 0.05) is 31.7 Å². The van der Waals surface area contributed by atoms with Crippen LogP contribution in [-0.2, 0) is 24.7 Å². The molecule has 0 unspecified atom stereocenters. The predicted molar refractivity (Wildman–Crippen MR) is 99.1 cm³/mol. The van der Waals surface area contributed by atoms with Gasteiger partial charge < -0.3 is 15.4 Å². The first-order valence-corrected chi connectivity index (χ1v) is 9.33. The van der Waals surface area contributed by atoms with Gasteiger partial charge in [-0.1, -0.05) is 6.07 Å². The molecule has 0 spiro atoms. The van der Waals surface area contributed by atoms with Crippen LogP contribution in [0.1, 0.15) is 42.1 Å². The molecule has 1 aromatic heterocycles. The van der Waals surface area contributed by atoms with Gasteiger partial charge in [0.1, 0.15) is 5.75 Å². The highest BCUT2D eigenvalue weighted by Crippen LogP contribution is 2.29. The molecule has 2 aromatic rings. The van der Waals surface area contributed by atoms with Crippen molar-refractivity contribution in [3.63, 3.8) is 0 Å². The van der Waals surface area contributed by atoms with Crippen LogP contribution in [-0.4, -0.2) is 34.9 Å². The van der Waals surface area contributed by atoms with E-state index in [0.717, 1.165) is 37.1 Å². The van der Waals surface area contributed by atoms with Crippen LogP contribution in [0.4, 0.5) is 0 Å². The number of aryl methyl sites for hydroxylation is 2. The molecule has 1 aliphatic carbocycles. The summed E-state index contributed by atoms with van der Waals surface area (Å²) in [7, 11) is 3.64. The Morgan fingerprint density at radius 3 is 2.88 bits per heavy atom. The van der Waals surface area contributed by atoms with Crippen molar-refractivity contribution in [3.05, 3.63) is 47.3 Å². The number of aromatic nitrogens is 2. The van der Waals surface area contributed by atoms with Gasteiger partial charge in [-0.05, 0) is 55.0 Å². The number of ether oxygens (including phenoxy) is 1. The smallest absolute Gasteiger partial charge is 0.220 e. The van der Waals surface area contributed by atoms with Crippen molar-refractivity contribution in [2.45, 2.75) is 50.2 Å². The molecule has 0 radical (unpaired) electrons. The van der Waals surface area contributed by atoms with Crippen LogP contribution in [0.25, 0.3) is 0 Å². The summed E-state index contributed by atoms with van der Waals surface area (Å²) >= 11 is 0. The lowest BCUT2D eigenvalue weighted by atomic mass is 9.86. The fraction of sp³-hybridized carbons (Fsp3) is 0.500. The summed E-state index contributed by atoms with van der Waals surface area (Å²) in [5, 5.41) is 11.3. The molecule has 2 aliphatic rings. The number of hydrogen-bond donors (Lipinski definition) is 2. The maximum absolute atomic E-state index is 12.0. The zero-order valence-corrected chi connectivity index (χ0v) is 15.4. The van der Waals surface area contributed by atoms with Crippen molar-refractivity contribution < 1.29 is 9.53 Å². The summed E-state index contributed by atoms with van der Waals surface area (Å²) in [4.78, 5) is 12.0. The van der Waals surface area contributed by atoms with Gasteiger partial charge in [0.25, 0.3) is 0 Å². The van der Waals surface area contributed by atoms with Crippen molar-refractivity contribution in [1.29, 1.82) is 0 Å². The molecule has 0 saturated carbocycles. The zero-order chi connectivity index (χ0) is 18.1. The van der Waals surface area contributed by atoms with Crippen LogP contribution in [0.3, 0.4) is 0 Å². The van der Waals surface area contributed by atoms with E-state index < -0.39 is 0 Å². The number of amides is 1. The van der Waals surface area contributed by atoms with Crippen LogP contribution in [0, 0.1) is 0 Å². The lowest BCUT2D eigenvalue weighted by molar-refractivity contribution is -0.124. The number of methoxy groups -OCH3 is 1. The van der Waals surface area contributed by atoms with Gasteiger partial charge in [-0.3, -0.25) is 9.48 Å². The van der Waals surface area contributed by atoms with Gasteiger partial charge in [0.2, 0.25) is 5.91 Å². The molecule has 1 amide bonds. The molecule has 2 N–H and O–H groups in total. The van der Waals surface area contributed by atoms with Crippen molar-refractivity contribution in [1.82, 2.24) is 20.4 Å². The summed E-state index contributed by atoms with van der Waals surface area (Å²) in [5.74, 6) is 1.04. The molecule has 1 saturated heterocycles. The largest absolute Gasteiger partial charge is 0.497 e. The second-order valence-electron chi connectivity index (χ2n) is 7.31. The third-order valence-corrected chi connectivity index (χ3v) is 5.67. The first-order valence-electron chi connectivity index (χ1n) is 9.33. The average Bonchev–Trinajstić information content (AvgIpc) is 3.08. The Morgan fingerprint density at radius 2 is 2.12 bits per heavy atom. The van der Waals surface area contributed by atoms with E-state index in [0.29, 0.717) is 12.5 Å². The van der Waals surface area contributed by atoms with Gasteiger partial charge >= 0.3 is 0 Å². The number of rotatable bonds is 4. The lowest BCUT2D eigenvalue weighted by Crippen LogP contribution is -2.52. The van der Waals surface area contributed by atoms with Crippen molar-refractivity contribution in [2.24, 2.45) is 7.05 Å². The summed E-state index contributed by atoms with van der Waals surface area (Å²) in [5.41, 5.74) is 3.84. The number of hydrogen-bond acceptors (Lipinski definition) is 4. The summed E-state index contributed by atoms with van der Waals surface area (Å²) in [6.45, 7) is 0. The maximum Gasteiger partial charge on any atom is 0.220 e. The minimum absolute atomic E-state index is 0.0320. The van der Waals surface area contributed by atoms with Gasteiger partial charge in [-0.15, -0.1) is 0 Å². The van der Waals surface area contributed by atoms with Crippen LogP contribution in [0.15, 0.2) is 30.5 Å².